The number of benzene rings is 1. The van der Waals surface area contributed by atoms with E-state index in [2.05, 4.69) is 10.3 Å². The van der Waals surface area contributed by atoms with Crippen LogP contribution >= 0.6 is 0 Å². The number of nitrogens with zero attached hydrogens (tertiary/aromatic N) is 1. The molecule has 0 spiro atoms. The minimum Gasteiger partial charge on any atom is -0.495 e. The smallest absolute Gasteiger partial charge is 0.224 e. The van der Waals surface area contributed by atoms with Gasteiger partial charge in [0, 0.05) is 0 Å². The van der Waals surface area contributed by atoms with Gasteiger partial charge in [-0.05, 0) is 36.8 Å². The van der Waals surface area contributed by atoms with E-state index in [4.69, 9.17) is 4.74 Å². The Balaban J connectivity index is 1.93. The van der Waals surface area contributed by atoms with Crippen LogP contribution < -0.4 is 10.1 Å². The second-order valence-corrected chi connectivity index (χ2v) is 4.72. The number of amides is 1. The molecule has 5 heteroatoms. The van der Waals surface area contributed by atoms with E-state index in [0.29, 0.717) is 5.75 Å². The first-order valence-electron chi connectivity index (χ1n) is 6.62. The highest BCUT2D eigenvalue weighted by atomic mass is 19.1. The van der Waals surface area contributed by atoms with Crippen molar-refractivity contribution in [3.8, 4) is 5.75 Å². The molecule has 110 valence electrons. The maximum atomic E-state index is 12.8. The number of rotatable bonds is 5. The summed E-state index contributed by atoms with van der Waals surface area (Å²) in [5.74, 6) is 0.227. The summed E-state index contributed by atoms with van der Waals surface area (Å²) in [6.07, 6.45) is 1.82. The molecule has 0 radical (unpaired) electrons. The molecular weight excluding hydrogens is 271 g/mol. The quantitative estimate of drug-likeness (QED) is 0.920. The van der Waals surface area contributed by atoms with Crippen LogP contribution in [-0.4, -0.2) is 18.0 Å². The average Bonchev–Trinajstić information content (AvgIpc) is 2.49. The number of hydrogen-bond donors (Lipinski definition) is 1. The zero-order chi connectivity index (χ0) is 15.2. The fourth-order valence-corrected chi connectivity index (χ4v) is 1.92. The first-order valence-corrected chi connectivity index (χ1v) is 6.62. The molecule has 1 aromatic carbocycles. The molecule has 0 fully saturated rings. The fourth-order valence-electron chi connectivity index (χ4n) is 1.92. The molecule has 1 heterocycles. The Morgan fingerprint density at radius 1 is 1.29 bits per heavy atom. The van der Waals surface area contributed by atoms with E-state index in [-0.39, 0.29) is 24.2 Å². The molecule has 0 bridgehead atoms. The molecule has 0 saturated heterocycles. The summed E-state index contributed by atoms with van der Waals surface area (Å²) < 4.78 is 17.8. The lowest BCUT2D eigenvalue weighted by Gasteiger charge is -2.13. The number of carbonyl (C=O) groups is 1. The number of pyridine rings is 1. The van der Waals surface area contributed by atoms with E-state index >= 15 is 0 Å². The predicted molar refractivity (Wildman–Crippen MR) is 77.5 cm³/mol. The Bertz CT molecular complexity index is 597. The summed E-state index contributed by atoms with van der Waals surface area (Å²) >= 11 is 0. The van der Waals surface area contributed by atoms with Gasteiger partial charge in [-0.1, -0.05) is 12.1 Å². The van der Waals surface area contributed by atoms with Gasteiger partial charge in [0.15, 0.2) is 0 Å². The van der Waals surface area contributed by atoms with Gasteiger partial charge >= 0.3 is 0 Å². The van der Waals surface area contributed by atoms with Crippen LogP contribution in [0.1, 0.15) is 24.2 Å². The van der Waals surface area contributed by atoms with Crippen molar-refractivity contribution in [2.45, 2.75) is 19.4 Å². The number of nitrogens with one attached hydrogen (secondary N) is 1. The van der Waals surface area contributed by atoms with Gasteiger partial charge in [-0.25, -0.2) is 4.39 Å². The lowest BCUT2D eigenvalue weighted by Crippen LogP contribution is -2.28. The molecule has 1 atom stereocenters. The lowest BCUT2D eigenvalue weighted by molar-refractivity contribution is -0.121. The summed E-state index contributed by atoms with van der Waals surface area (Å²) in [6.45, 7) is 1.86. The van der Waals surface area contributed by atoms with Crippen LogP contribution in [0.4, 0.5) is 4.39 Å². The first-order chi connectivity index (χ1) is 10.1. The lowest BCUT2D eigenvalue weighted by atomic mass is 10.1. The monoisotopic (exact) mass is 288 g/mol. The van der Waals surface area contributed by atoms with Crippen molar-refractivity contribution in [1.29, 1.82) is 0 Å². The molecule has 1 N–H and O–H groups in total. The first kappa shape index (κ1) is 15.0. The van der Waals surface area contributed by atoms with E-state index in [1.54, 1.807) is 31.5 Å². The SMILES string of the molecule is COc1ccc([C@@H](C)NC(=O)Cc2ccc(F)cc2)nc1. The zero-order valence-electron chi connectivity index (χ0n) is 12.0. The van der Waals surface area contributed by atoms with Gasteiger partial charge in [0.2, 0.25) is 5.91 Å². The van der Waals surface area contributed by atoms with Crippen molar-refractivity contribution in [1.82, 2.24) is 10.3 Å². The van der Waals surface area contributed by atoms with Gasteiger partial charge in [-0.15, -0.1) is 0 Å². The Morgan fingerprint density at radius 3 is 2.57 bits per heavy atom. The van der Waals surface area contributed by atoms with E-state index in [9.17, 15) is 9.18 Å². The van der Waals surface area contributed by atoms with Crippen molar-refractivity contribution in [3.05, 3.63) is 59.7 Å². The van der Waals surface area contributed by atoms with Crippen LogP contribution in [0.3, 0.4) is 0 Å². The number of ether oxygens (including phenoxy) is 1. The molecule has 1 aromatic heterocycles. The minimum absolute atomic E-state index is 0.133. The summed E-state index contributed by atoms with van der Waals surface area (Å²) in [5, 5.41) is 2.86. The van der Waals surface area contributed by atoms with E-state index in [1.807, 2.05) is 13.0 Å². The molecule has 4 nitrogen and oxygen atoms in total. The number of aromatic nitrogens is 1. The maximum Gasteiger partial charge on any atom is 0.224 e. The zero-order valence-corrected chi connectivity index (χ0v) is 12.0. The Morgan fingerprint density at radius 2 is 2.00 bits per heavy atom. The van der Waals surface area contributed by atoms with Gasteiger partial charge in [0.1, 0.15) is 11.6 Å². The maximum absolute atomic E-state index is 12.8. The van der Waals surface area contributed by atoms with E-state index < -0.39 is 0 Å². The molecule has 2 aromatic rings. The molecular formula is C16H17FN2O2. The van der Waals surface area contributed by atoms with Crippen LogP contribution in [0.2, 0.25) is 0 Å². The van der Waals surface area contributed by atoms with Crippen molar-refractivity contribution in [3.63, 3.8) is 0 Å². The molecule has 0 aliphatic carbocycles. The van der Waals surface area contributed by atoms with Crippen LogP contribution in [0, 0.1) is 5.82 Å². The third-order valence-electron chi connectivity index (χ3n) is 3.09. The van der Waals surface area contributed by atoms with Crippen molar-refractivity contribution in [2.24, 2.45) is 0 Å². The fraction of sp³-hybridized carbons (Fsp3) is 0.250. The minimum atomic E-state index is -0.310. The van der Waals surface area contributed by atoms with Crippen molar-refractivity contribution >= 4 is 5.91 Å². The predicted octanol–water partition coefficient (Wildman–Crippen LogP) is 2.65. The summed E-state index contributed by atoms with van der Waals surface area (Å²) in [7, 11) is 1.57. The van der Waals surface area contributed by atoms with Gasteiger partial charge in [-0.2, -0.15) is 0 Å². The van der Waals surface area contributed by atoms with Crippen LogP contribution in [0.5, 0.6) is 5.75 Å². The molecule has 1 amide bonds. The number of hydrogen-bond acceptors (Lipinski definition) is 3. The Hall–Kier alpha value is -2.43. The van der Waals surface area contributed by atoms with Crippen LogP contribution in [0.15, 0.2) is 42.6 Å². The molecule has 2 rings (SSSR count). The topological polar surface area (TPSA) is 51.2 Å². The molecule has 0 aliphatic heterocycles. The van der Waals surface area contributed by atoms with Crippen molar-refractivity contribution < 1.29 is 13.9 Å². The third-order valence-corrected chi connectivity index (χ3v) is 3.09. The highest BCUT2D eigenvalue weighted by Crippen LogP contribution is 2.14. The number of halogens is 1. The largest absolute Gasteiger partial charge is 0.495 e. The third kappa shape index (κ3) is 4.27. The highest BCUT2D eigenvalue weighted by Gasteiger charge is 2.11. The summed E-state index contributed by atoms with van der Waals surface area (Å²) in [6, 6.07) is 9.29. The molecule has 0 aliphatic rings. The number of carbonyl (C=O) groups excluding carboxylic acids is 1. The van der Waals surface area contributed by atoms with Crippen LogP contribution in [0.25, 0.3) is 0 Å². The van der Waals surface area contributed by atoms with E-state index in [0.717, 1.165) is 11.3 Å². The average molecular weight is 288 g/mol. The van der Waals surface area contributed by atoms with Gasteiger partial charge < -0.3 is 10.1 Å². The van der Waals surface area contributed by atoms with Gasteiger partial charge in [0.25, 0.3) is 0 Å². The summed E-state index contributed by atoms with van der Waals surface area (Å²) in [4.78, 5) is 16.2. The summed E-state index contributed by atoms with van der Waals surface area (Å²) in [5.41, 5.74) is 1.52. The normalized spacial score (nSPS) is 11.8. The Labute approximate surface area is 123 Å². The number of methoxy groups -OCH3 is 1. The highest BCUT2D eigenvalue weighted by molar-refractivity contribution is 5.78. The Kier molecular flexibility index (Phi) is 4.87. The second kappa shape index (κ2) is 6.83. The molecule has 0 unspecified atom stereocenters. The van der Waals surface area contributed by atoms with Gasteiger partial charge in [0.05, 0.1) is 31.5 Å². The van der Waals surface area contributed by atoms with E-state index in [1.165, 1.54) is 12.1 Å². The van der Waals surface area contributed by atoms with Gasteiger partial charge in [-0.3, -0.25) is 9.78 Å². The standard InChI is InChI=1S/C16H17FN2O2/c1-11(15-8-7-14(21-2)10-18-15)19-16(20)9-12-3-5-13(17)6-4-12/h3-8,10-11H,9H2,1-2H3,(H,19,20)/t11-/m1/s1. The van der Waals surface area contributed by atoms with Crippen LogP contribution in [-0.2, 0) is 11.2 Å². The van der Waals surface area contributed by atoms with Crippen molar-refractivity contribution in [2.75, 3.05) is 7.11 Å². The molecule has 0 saturated carbocycles. The second-order valence-electron chi connectivity index (χ2n) is 4.72. The molecule has 21 heavy (non-hydrogen) atoms.